The average Bonchev–Trinajstić information content (AvgIpc) is 2.41. The molecule has 0 saturated heterocycles. The van der Waals surface area contributed by atoms with Gasteiger partial charge in [0, 0.05) is 18.1 Å². The van der Waals surface area contributed by atoms with E-state index < -0.39 is 0 Å². The predicted molar refractivity (Wildman–Crippen MR) is 82.1 cm³/mol. The molecule has 0 amide bonds. The quantitative estimate of drug-likeness (QED) is 0.825. The molecular weight excluding hydrogens is 302 g/mol. The Balaban J connectivity index is 1.90. The molecule has 1 aromatic heterocycles. The molecule has 0 fully saturated rings. The fourth-order valence-corrected chi connectivity index (χ4v) is 3.03. The number of nitrogen functional groups attached to an aromatic ring is 1. The van der Waals surface area contributed by atoms with E-state index in [0.717, 1.165) is 28.7 Å². The SMILES string of the molecule is Nc1ccc2c(c1)CCCC2Nc1ccncc1Br. The molecule has 0 saturated carbocycles. The van der Waals surface area contributed by atoms with Gasteiger partial charge < -0.3 is 11.1 Å². The molecule has 3 nitrogen and oxygen atoms in total. The second-order valence-electron chi connectivity index (χ2n) is 4.90. The second kappa shape index (κ2) is 5.21. The maximum atomic E-state index is 5.87. The number of aryl methyl sites for hydroxylation is 1. The van der Waals surface area contributed by atoms with Crippen molar-refractivity contribution in [3.05, 3.63) is 52.3 Å². The minimum atomic E-state index is 0.350. The molecule has 1 heterocycles. The van der Waals surface area contributed by atoms with Crippen LogP contribution in [-0.2, 0) is 6.42 Å². The fourth-order valence-electron chi connectivity index (χ4n) is 2.66. The van der Waals surface area contributed by atoms with Crippen molar-refractivity contribution in [3.8, 4) is 0 Å². The Morgan fingerprint density at radius 2 is 2.21 bits per heavy atom. The normalized spacial score (nSPS) is 17.8. The van der Waals surface area contributed by atoms with Crippen LogP contribution in [0.2, 0.25) is 0 Å². The van der Waals surface area contributed by atoms with Crippen LogP contribution in [0.5, 0.6) is 0 Å². The van der Waals surface area contributed by atoms with E-state index in [1.807, 2.05) is 18.3 Å². The van der Waals surface area contributed by atoms with Crippen LogP contribution < -0.4 is 11.1 Å². The minimum Gasteiger partial charge on any atom is -0.399 e. The van der Waals surface area contributed by atoms with E-state index >= 15 is 0 Å². The first-order valence-corrected chi connectivity index (χ1v) is 7.27. The first kappa shape index (κ1) is 12.5. The Hall–Kier alpha value is -1.55. The molecule has 1 aliphatic rings. The van der Waals surface area contributed by atoms with E-state index in [9.17, 15) is 0 Å². The van der Waals surface area contributed by atoms with Gasteiger partial charge >= 0.3 is 0 Å². The first-order chi connectivity index (χ1) is 9.24. The van der Waals surface area contributed by atoms with Gasteiger partial charge in [-0.1, -0.05) is 6.07 Å². The van der Waals surface area contributed by atoms with E-state index in [0.29, 0.717) is 6.04 Å². The number of nitrogens with zero attached hydrogens (tertiary/aromatic N) is 1. The predicted octanol–water partition coefficient (Wildman–Crippen LogP) is 3.92. The van der Waals surface area contributed by atoms with Crippen LogP contribution in [0.4, 0.5) is 11.4 Å². The van der Waals surface area contributed by atoms with Crippen molar-refractivity contribution in [2.45, 2.75) is 25.3 Å². The summed E-state index contributed by atoms with van der Waals surface area (Å²) in [4.78, 5) is 4.09. The zero-order valence-corrected chi connectivity index (χ0v) is 12.2. The van der Waals surface area contributed by atoms with Crippen LogP contribution in [0.15, 0.2) is 41.1 Å². The molecule has 3 N–H and O–H groups in total. The van der Waals surface area contributed by atoms with Gasteiger partial charge in [0.05, 0.1) is 16.2 Å². The molecule has 1 atom stereocenters. The number of nitrogens with two attached hydrogens (primary N) is 1. The van der Waals surface area contributed by atoms with E-state index in [2.05, 4.69) is 38.4 Å². The standard InChI is InChI=1S/C15H16BrN3/c16-13-9-18-7-6-15(13)19-14-3-1-2-10-8-11(17)4-5-12(10)14/h4-9,14H,1-3,17H2,(H,18,19). The fraction of sp³-hybridized carbons (Fsp3) is 0.267. The maximum absolute atomic E-state index is 5.87. The van der Waals surface area contributed by atoms with E-state index in [1.165, 1.54) is 17.5 Å². The van der Waals surface area contributed by atoms with Gasteiger partial charge in [-0.05, 0) is 64.5 Å². The molecule has 3 rings (SSSR count). The van der Waals surface area contributed by atoms with Crippen LogP contribution in [0, 0.1) is 0 Å². The van der Waals surface area contributed by atoms with E-state index in [-0.39, 0.29) is 0 Å². The number of halogens is 1. The Morgan fingerprint density at radius 3 is 3.05 bits per heavy atom. The van der Waals surface area contributed by atoms with Crippen molar-refractivity contribution in [1.29, 1.82) is 0 Å². The third kappa shape index (κ3) is 2.59. The highest BCUT2D eigenvalue weighted by Crippen LogP contribution is 2.35. The van der Waals surface area contributed by atoms with Crippen molar-refractivity contribution < 1.29 is 0 Å². The Bertz CT molecular complexity index is 598. The van der Waals surface area contributed by atoms with Gasteiger partial charge in [-0.2, -0.15) is 0 Å². The van der Waals surface area contributed by atoms with Gasteiger partial charge in [-0.25, -0.2) is 0 Å². The number of hydrogen-bond acceptors (Lipinski definition) is 3. The number of aromatic nitrogens is 1. The lowest BCUT2D eigenvalue weighted by atomic mass is 9.87. The molecule has 1 aromatic carbocycles. The molecule has 0 radical (unpaired) electrons. The molecule has 19 heavy (non-hydrogen) atoms. The molecule has 98 valence electrons. The van der Waals surface area contributed by atoms with Gasteiger partial charge in [-0.15, -0.1) is 0 Å². The van der Waals surface area contributed by atoms with Gasteiger partial charge in [0.2, 0.25) is 0 Å². The van der Waals surface area contributed by atoms with Crippen LogP contribution in [-0.4, -0.2) is 4.98 Å². The van der Waals surface area contributed by atoms with Gasteiger partial charge in [0.25, 0.3) is 0 Å². The lowest BCUT2D eigenvalue weighted by Crippen LogP contribution is -2.17. The zero-order chi connectivity index (χ0) is 13.2. The van der Waals surface area contributed by atoms with Crippen molar-refractivity contribution in [2.75, 3.05) is 11.1 Å². The molecule has 4 heteroatoms. The third-order valence-electron chi connectivity index (χ3n) is 3.58. The van der Waals surface area contributed by atoms with Gasteiger partial charge in [0.1, 0.15) is 0 Å². The highest BCUT2D eigenvalue weighted by Gasteiger charge is 2.20. The number of pyridine rings is 1. The number of nitrogens with one attached hydrogen (secondary N) is 1. The van der Waals surface area contributed by atoms with E-state index in [4.69, 9.17) is 5.73 Å². The van der Waals surface area contributed by atoms with Crippen molar-refractivity contribution in [1.82, 2.24) is 4.98 Å². The third-order valence-corrected chi connectivity index (χ3v) is 4.22. The molecular formula is C15H16BrN3. The van der Waals surface area contributed by atoms with Gasteiger partial charge in [-0.3, -0.25) is 4.98 Å². The molecule has 0 bridgehead atoms. The Morgan fingerprint density at radius 1 is 1.32 bits per heavy atom. The highest BCUT2D eigenvalue weighted by atomic mass is 79.9. The minimum absolute atomic E-state index is 0.350. The molecule has 0 spiro atoms. The summed E-state index contributed by atoms with van der Waals surface area (Å²) in [5, 5.41) is 3.60. The van der Waals surface area contributed by atoms with Crippen LogP contribution >= 0.6 is 15.9 Å². The Labute approximate surface area is 121 Å². The summed E-state index contributed by atoms with van der Waals surface area (Å²) in [6.45, 7) is 0. The molecule has 1 aliphatic carbocycles. The molecule has 0 aliphatic heterocycles. The van der Waals surface area contributed by atoms with Crippen LogP contribution in [0.3, 0.4) is 0 Å². The molecule has 2 aromatic rings. The summed E-state index contributed by atoms with van der Waals surface area (Å²) >= 11 is 3.53. The first-order valence-electron chi connectivity index (χ1n) is 6.48. The van der Waals surface area contributed by atoms with Crippen molar-refractivity contribution >= 4 is 27.3 Å². The monoisotopic (exact) mass is 317 g/mol. The average molecular weight is 318 g/mol. The van der Waals surface area contributed by atoms with Crippen molar-refractivity contribution in [2.24, 2.45) is 0 Å². The zero-order valence-electron chi connectivity index (χ0n) is 10.6. The summed E-state index contributed by atoms with van der Waals surface area (Å²) in [6, 6.07) is 8.58. The summed E-state index contributed by atoms with van der Waals surface area (Å²) in [5.41, 5.74) is 10.5. The van der Waals surface area contributed by atoms with Gasteiger partial charge in [0.15, 0.2) is 0 Å². The van der Waals surface area contributed by atoms with E-state index in [1.54, 1.807) is 6.20 Å². The number of benzene rings is 1. The molecule has 1 unspecified atom stereocenters. The van der Waals surface area contributed by atoms with Crippen LogP contribution in [0.1, 0.15) is 30.0 Å². The number of rotatable bonds is 2. The summed E-state index contributed by atoms with van der Waals surface area (Å²) < 4.78 is 0.998. The summed E-state index contributed by atoms with van der Waals surface area (Å²) in [7, 11) is 0. The summed E-state index contributed by atoms with van der Waals surface area (Å²) in [5.74, 6) is 0. The number of hydrogen-bond donors (Lipinski definition) is 2. The largest absolute Gasteiger partial charge is 0.399 e. The highest BCUT2D eigenvalue weighted by molar-refractivity contribution is 9.10. The lowest BCUT2D eigenvalue weighted by molar-refractivity contribution is 0.600. The Kier molecular flexibility index (Phi) is 3.42. The smallest absolute Gasteiger partial charge is 0.0590 e. The number of fused-ring (bicyclic) bond motifs is 1. The second-order valence-corrected chi connectivity index (χ2v) is 5.76. The lowest BCUT2D eigenvalue weighted by Gasteiger charge is -2.27. The number of anilines is 2. The summed E-state index contributed by atoms with van der Waals surface area (Å²) in [6.07, 6.45) is 7.08. The van der Waals surface area contributed by atoms with Crippen LogP contribution in [0.25, 0.3) is 0 Å². The topological polar surface area (TPSA) is 50.9 Å². The van der Waals surface area contributed by atoms with Crippen molar-refractivity contribution in [3.63, 3.8) is 0 Å². The maximum Gasteiger partial charge on any atom is 0.0590 e.